The third kappa shape index (κ3) is 6.79. The lowest BCUT2D eigenvalue weighted by molar-refractivity contribution is -0.143. The molecule has 0 bridgehead atoms. The summed E-state index contributed by atoms with van der Waals surface area (Å²) in [6, 6.07) is 12.4. The van der Waals surface area contributed by atoms with Crippen LogP contribution in [0, 0.1) is 0 Å². The first-order valence-corrected chi connectivity index (χ1v) is 8.16. The van der Waals surface area contributed by atoms with Gasteiger partial charge >= 0.3 is 12.1 Å². The summed E-state index contributed by atoms with van der Waals surface area (Å²) in [7, 11) is 0. The second kappa shape index (κ2) is 9.23. The van der Waals surface area contributed by atoms with Gasteiger partial charge in [-0.2, -0.15) is 13.2 Å². The van der Waals surface area contributed by atoms with Crippen molar-refractivity contribution >= 4 is 29.6 Å². The van der Waals surface area contributed by atoms with Crippen molar-refractivity contribution in [3.8, 4) is 0 Å². The lowest BCUT2D eigenvalue weighted by Crippen LogP contribution is -2.28. The van der Waals surface area contributed by atoms with Gasteiger partial charge in [-0.05, 0) is 29.3 Å². The van der Waals surface area contributed by atoms with Crippen molar-refractivity contribution in [1.29, 1.82) is 0 Å². The van der Waals surface area contributed by atoms with E-state index in [9.17, 15) is 22.8 Å². The molecule has 0 aliphatic rings. The zero-order valence-electron chi connectivity index (χ0n) is 13.9. The van der Waals surface area contributed by atoms with Gasteiger partial charge in [-0.25, -0.2) is 4.79 Å². The van der Waals surface area contributed by atoms with Gasteiger partial charge in [0.1, 0.15) is 0 Å². The molecule has 2 aromatic carbocycles. The smallest absolute Gasteiger partial charge is 0.417 e. The predicted octanol–water partition coefficient (Wildman–Crippen LogP) is 4.23. The Hall–Kier alpha value is -2.80. The van der Waals surface area contributed by atoms with Crippen LogP contribution in [0.3, 0.4) is 0 Å². The van der Waals surface area contributed by atoms with Crippen molar-refractivity contribution in [3.05, 3.63) is 76.3 Å². The van der Waals surface area contributed by atoms with Crippen LogP contribution in [-0.2, 0) is 27.0 Å². The minimum atomic E-state index is -4.60. The Kier molecular flexibility index (Phi) is 7.01. The van der Waals surface area contributed by atoms with Gasteiger partial charge < -0.3 is 10.1 Å². The molecule has 142 valence electrons. The highest BCUT2D eigenvalue weighted by Gasteiger charge is 2.33. The van der Waals surface area contributed by atoms with Crippen molar-refractivity contribution in [2.75, 3.05) is 6.61 Å². The van der Waals surface area contributed by atoms with E-state index in [1.54, 1.807) is 0 Å². The number of nitrogens with one attached hydrogen (secondary N) is 1. The Morgan fingerprint density at radius 3 is 2.48 bits per heavy atom. The van der Waals surface area contributed by atoms with Crippen LogP contribution < -0.4 is 5.32 Å². The first-order chi connectivity index (χ1) is 12.8. The zero-order valence-corrected chi connectivity index (χ0v) is 14.7. The van der Waals surface area contributed by atoms with Gasteiger partial charge in [-0.1, -0.05) is 48.0 Å². The van der Waals surface area contributed by atoms with Crippen molar-refractivity contribution in [2.45, 2.75) is 12.7 Å². The molecule has 0 aromatic heterocycles. The number of hydrogen-bond acceptors (Lipinski definition) is 3. The van der Waals surface area contributed by atoms with Gasteiger partial charge in [0.05, 0.1) is 10.6 Å². The van der Waals surface area contributed by atoms with Crippen LogP contribution in [0.5, 0.6) is 0 Å². The Balaban J connectivity index is 1.84. The third-order valence-corrected chi connectivity index (χ3v) is 3.72. The summed E-state index contributed by atoms with van der Waals surface area (Å²) in [6.07, 6.45) is -2.51. The molecule has 0 unspecified atom stereocenters. The van der Waals surface area contributed by atoms with Crippen molar-refractivity contribution in [3.63, 3.8) is 0 Å². The molecule has 2 rings (SSSR count). The maximum Gasteiger partial charge on any atom is 0.417 e. The number of carbonyl (C=O) groups excluding carboxylic acids is 2. The van der Waals surface area contributed by atoms with Gasteiger partial charge in [0.15, 0.2) is 6.61 Å². The Morgan fingerprint density at radius 1 is 1.11 bits per heavy atom. The van der Waals surface area contributed by atoms with Crippen LogP contribution in [-0.4, -0.2) is 18.5 Å². The summed E-state index contributed by atoms with van der Waals surface area (Å²) < 4.78 is 43.1. The van der Waals surface area contributed by atoms with Gasteiger partial charge in [0.25, 0.3) is 5.91 Å². The topological polar surface area (TPSA) is 55.4 Å². The number of ether oxygens (including phenoxy) is 1. The predicted molar refractivity (Wildman–Crippen MR) is 94.7 cm³/mol. The second-order valence-corrected chi connectivity index (χ2v) is 5.85. The molecule has 0 aliphatic carbocycles. The highest BCUT2D eigenvalue weighted by Crippen LogP contribution is 2.35. The average Bonchev–Trinajstić information content (AvgIpc) is 2.64. The van der Waals surface area contributed by atoms with Crippen LogP contribution in [0.4, 0.5) is 13.2 Å². The van der Waals surface area contributed by atoms with Gasteiger partial charge in [0.2, 0.25) is 0 Å². The molecular formula is C19H15ClF3NO3. The summed E-state index contributed by atoms with van der Waals surface area (Å²) in [5, 5.41) is 2.15. The summed E-state index contributed by atoms with van der Waals surface area (Å²) in [6.45, 7) is -0.206. The largest absolute Gasteiger partial charge is 0.452 e. The maximum atomic E-state index is 12.8. The van der Waals surface area contributed by atoms with E-state index in [1.165, 1.54) is 6.07 Å². The van der Waals surface area contributed by atoms with E-state index in [4.69, 9.17) is 16.3 Å². The Morgan fingerprint density at radius 2 is 1.81 bits per heavy atom. The molecule has 0 spiro atoms. The molecule has 0 aliphatic heterocycles. The molecule has 1 N–H and O–H groups in total. The number of amides is 1. The fraction of sp³-hybridized carbons (Fsp3) is 0.158. The lowest BCUT2D eigenvalue weighted by Gasteiger charge is -2.09. The summed E-state index contributed by atoms with van der Waals surface area (Å²) in [5.74, 6) is -1.35. The number of carbonyl (C=O) groups is 2. The van der Waals surface area contributed by atoms with Crippen molar-refractivity contribution in [2.24, 2.45) is 0 Å². The Labute approximate surface area is 158 Å². The molecule has 0 saturated carbocycles. The number of benzene rings is 2. The van der Waals surface area contributed by atoms with Crippen molar-refractivity contribution in [1.82, 2.24) is 5.32 Å². The van der Waals surface area contributed by atoms with Gasteiger partial charge in [-0.3, -0.25) is 4.79 Å². The van der Waals surface area contributed by atoms with Crippen molar-refractivity contribution < 1.29 is 27.5 Å². The van der Waals surface area contributed by atoms with E-state index < -0.39 is 35.2 Å². The molecule has 1 amide bonds. The molecule has 4 nitrogen and oxygen atoms in total. The van der Waals surface area contributed by atoms with Gasteiger partial charge in [-0.15, -0.1) is 0 Å². The normalized spacial score (nSPS) is 11.4. The van der Waals surface area contributed by atoms with Crippen LogP contribution in [0.2, 0.25) is 5.02 Å². The minimum Gasteiger partial charge on any atom is -0.452 e. The maximum absolute atomic E-state index is 12.8. The molecule has 0 atom stereocenters. The number of halogens is 4. The van der Waals surface area contributed by atoms with E-state index in [0.29, 0.717) is 0 Å². The molecule has 8 heteroatoms. The van der Waals surface area contributed by atoms with Crippen LogP contribution in [0.15, 0.2) is 54.6 Å². The molecule has 2 aromatic rings. The summed E-state index contributed by atoms with van der Waals surface area (Å²) >= 11 is 5.52. The molecule has 27 heavy (non-hydrogen) atoms. The minimum absolute atomic E-state index is 0.122. The quantitative estimate of drug-likeness (QED) is 0.586. The van der Waals surface area contributed by atoms with E-state index >= 15 is 0 Å². The second-order valence-electron chi connectivity index (χ2n) is 5.44. The fourth-order valence-electron chi connectivity index (χ4n) is 2.06. The number of alkyl halides is 3. The highest BCUT2D eigenvalue weighted by atomic mass is 35.5. The monoisotopic (exact) mass is 397 g/mol. The number of hydrogen-bond donors (Lipinski definition) is 1. The Bertz CT molecular complexity index is 836. The standard InChI is InChI=1S/C19H15ClF3NO3/c20-16-8-6-13(10-15(16)19(21,22)23)7-9-18(26)27-12-17(25)24-11-14-4-2-1-3-5-14/h1-10H,11-12H2,(H,24,25)/b9-7+. The third-order valence-electron chi connectivity index (χ3n) is 3.39. The molecule has 0 radical (unpaired) electrons. The molecular weight excluding hydrogens is 383 g/mol. The van der Waals surface area contributed by atoms with Gasteiger partial charge in [0, 0.05) is 12.6 Å². The average molecular weight is 398 g/mol. The highest BCUT2D eigenvalue weighted by molar-refractivity contribution is 6.31. The van der Waals surface area contributed by atoms with Crippen LogP contribution >= 0.6 is 11.6 Å². The zero-order chi connectivity index (χ0) is 19.9. The first-order valence-electron chi connectivity index (χ1n) is 7.78. The first kappa shape index (κ1) is 20.5. The van der Waals surface area contributed by atoms with Crippen LogP contribution in [0.25, 0.3) is 6.08 Å². The number of rotatable bonds is 6. The molecule has 0 saturated heterocycles. The molecule has 0 heterocycles. The van der Waals surface area contributed by atoms with E-state index in [-0.39, 0.29) is 12.1 Å². The molecule has 0 fully saturated rings. The van der Waals surface area contributed by atoms with E-state index in [0.717, 1.165) is 29.8 Å². The SMILES string of the molecule is O=C(COC(=O)/C=C/c1ccc(Cl)c(C(F)(F)F)c1)NCc1ccccc1. The van der Waals surface area contributed by atoms with E-state index in [2.05, 4.69) is 5.32 Å². The summed E-state index contributed by atoms with van der Waals surface area (Å²) in [4.78, 5) is 23.2. The van der Waals surface area contributed by atoms with Crippen LogP contribution in [0.1, 0.15) is 16.7 Å². The number of esters is 1. The fourth-order valence-corrected chi connectivity index (χ4v) is 2.29. The lowest BCUT2D eigenvalue weighted by atomic mass is 10.1. The van der Waals surface area contributed by atoms with E-state index in [1.807, 2.05) is 30.3 Å². The summed E-state index contributed by atoms with van der Waals surface area (Å²) in [5.41, 5.74) is 0.0115.